The molecule has 0 spiro atoms. The summed E-state index contributed by atoms with van der Waals surface area (Å²) in [4.78, 5) is 0. The van der Waals surface area contributed by atoms with Gasteiger partial charge in [0.25, 0.3) is 0 Å². The summed E-state index contributed by atoms with van der Waals surface area (Å²) in [5, 5.41) is 8.81. The SMILES string of the molecule is NC[C@@H](N)c1cc(CO)ccc1F. The van der Waals surface area contributed by atoms with Crippen molar-refractivity contribution < 1.29 is 9.50 Å². The van der Waals surface area contributed by atoms with Crippen LogP contribution in [0.3, 0.4) is 0 Å². The second-order valence-corrected chi connectivity index (χ2v) is 2.86. The number of aliphatic hydroxyl groups excluding tert-OH is 1. The van der Waals surface area contributed by atoms with E-state index in [1.165, 1.54) is 18.2 Å². The van der Waals surface area contributed by atoms with E-state index in [1.807, 2.05) is 0 Å². The molecule has 1 aromatic rings. The molecular weight excluding hydrogens is 171 g/mol. The van der Waals surface area contributed by atoms with Crippen LogP contribution >= 0.6 is 0 Å². The zero-order valence-corrected chi connectivity index (χ0v) is 7.20. The number of halogens is 1. The molecule has 0 heterocycles. The summed E-state index contributed by atoms with van der Waals surface area (Å²) >= 11 is 0. The Bertz CT molecular complexity index is 291. The highest BCUT2D eigenvalue weighted by Gasteiger charge is 2.09. The van der Waals surface area contributed by atoms with Gasteiger partial charge in [-0.1, -0.05) is 6.07 Å². The van der Waals surface area contributed by atoms with Crippen LogP contribution < -0.4 is 11.5 Å². The van der Waals surface area contributed by atoms with Gasteiger partial charge in [-0.25, -0.2) is 4.39 Å². The predicted molar refractivity (Wildman–Crippen MR) is 48.3 cm³/mol. The number of nitrogens with two attached hydrogens (primary N) is 2. The first-order valence-electron chi connectivity index (χ1n) is 4.04. The largest absolute Gasteiger partial charge is 0.392 e. The molecule has 72 valence electrons. The van der Waals surface area contributed by atoms with E-state index in [1.54, 1.807) is 0 Å². The number of aliphatic hydroxyl groups is 1. The minimum absolute atomic E-state index is 0.120. The molecule has 4 heteroatoms. The Kier molecular flexibility index (Phi) is 3.36. The van der Waals surface area contributed by atoms with E-state index in [2.05, 4.69) is 0 Å². The van der Waals surface area contributed by atoms with Crippen molar-refractivity contribution in [3.05, 3.63) is 35.1 Å². The zero-order chi connectivity index (χ0) is 9.84. The molecule has 13 heavy (non-hydrogen) atoms. The fourth-order valence-corrected chi connectivity index (χ4v) is 1.10. The van der Waals surface area contributed by atoms with Gasteiger partial charge in [0.1, 0.15) is 5.82 Å². The van der Waals surface area contributed by atoms with E-state index in [-0.39, 0.29) is 19.0 Å². The maximum absolute atomic E-state index is 13.1. The molecule has 0 fully saturated rings. The van der Waals surface area contributed by atoms with Crippen LogP contribution in [0.5, 0.6) is 0 Å². The summed E-state index contributed by atoms with van der Waals surface area (Å²) in [6.07, 6.45) is 0. The Morgan fingerprint density at radius 1 is 1.46 bits per heavy atom. The van der Waals surface area contributed by atoms with E-state index in [0.29, 0.717) is 11.1 Å². The third-order valence-corrected chi connectivity index (χ3v) is 1.90. The summed E-state index contributed by atoms with van der Waals surface area (Å²) in [5.41, 5.74) is 11.9. The summed E-state index contributed by atoms with van der Waals surface area (Å²) in [6, 6.07) is 3.83. The second kappa shape index (κ2) is 4.32. The van der Waals surface area contributed by atoms with Crippen LogP contribution in [0.25, 0.3) is 0 Å². The van der Waals surface area contributed by atoms with Gasteiger partial charge in [-0.05, 0) is 17.7 Å². The average Bonchev–Trinajstić information content (AvgIpc) is 2.17. The van der Waals surface area contributed by atoms with Crippen LogP contribution in [-0.2, 0) is 6.61 Å². The topological polar surface area (TPSA) is 72.3 Å². The van der Waals surface area contributed by atoms with Crippen molar-refractivity contribution >= 4 is 0 Å². The summed E-state index contributed by atoms with van der Waals surface area (Å²) < 4.78 is 13.1. The van der Waals surface area contributed by atoms with E-state index in [9.17, 15) is 4.39 Å². The van der Waals surface area contributed by atoms with Crippen molar-refractivity contribution in [2.75, 3.05) is 6.54 Å². The molecule has 0 radical (unpaired) electrons. The van der Waals surface area contributed by atoms with Crippen molar-refractivity contribution in [2.45, 2.75) is 12.6 Å². The van der Waals surface area contributed by atoms with E-state index < -0.39 is 6.04 Å². The Morgan fingerprint density at radius 3 is 2.69 bits per heavy atom. The molecule has 1 atom stereocenters. The van der Waals surface area contributed by atoms with Crippen LogP contribution in [0.15, 0.2) is 18.2 Å². The van der Waals surface area contributed by atoms with Crippen LogP contribution in [-0.4, -0.2) is 11.7 Å². The molecule has 0 aliphatic heterocycles. The van der Waals surface area contributed by atoms with Gasteiger partial charge in [-0.2, -0.15) is 0 Å². The van der Waals surface area contributed by atoms with Gasteiger partial charge in [0, 0.05) is 18.2 Å². The third-order valence-electron chi connectivity index (χ3n) is 1.90. The summed E-state index contributed by atoms with van der Waals surface area (Å²) in [5.74, 6) is -0.379. The summed E-state index contributed by atoms with van der Waals surface area (Å²) in [7, 11) is 0. The van der Waals surface area contributed by atoms with Crippen molar-refractivity contribution in [2.24, 2.45) is 11.5 Å². The minimum atomic E-state index is -0.508. The number of hydrogen-bond donors (Lipinski definition) is 3. The molecule has 0 amide bonds. The van der Waals surface area contributed by atoms with Gasteiger partial charge in [0.15, 0.2) is 0 Å². The van der Waals surface area contributed by atoms with Crippen LogP contribution in [0.1, 0.15) is 17.2 Å². The Balaban J connectivity index is 3.03. The fourth-order valence-electron chi connectivity index (χ4n) is 1.10. The Morgan fingerprint density at radius 2 is 2.15 bits per heavy atom. The molecule has 0 saturated carbocycles. The second-order valence-electron chi connectivity index (χ2n) is 2.86. The molecule has 0 aromatic heterocycles. The number of hydrogen-bond acceptors (Lipinski definition) is 3. The van der Waals surface area contributed by atoms with Crippen LogP contribution in [0, 0.1) is 5.82 Å². The van der Waals surface area contributed by atoms with Crippen molar-refractivity contribution in [3.63, 3.8) is 0 Å². The van der Waals surface area contributed by atoms with Crippen molar-refractivity contribution in [1.82, 2.24) is 0 Å². The van der Waals surface area contributed by atoms with Gasteiger partial charge < -0.3 is 16.6 Å². The van der Waals surface area contributed by atoms with Gasteiger partial charge in [-0.3, -0.25) is 0 Å². The molecule has 1 aromatic carbocycles. The van der Waals surface area contributed by atoms with E-state index in [0.717, 1.165) is 0 Å². The average molecular weight is 184 g/mol. The predicted octanol–water partition coefficient (Wildman–Crippen LogP) is 0.276. The monoisotopic (exact) mass is 184 g/mol. The van der Waals surface area contributed by atoms with Gasteiger partial charge >= 0.3 is 0 Å². The molecule has 0 aliphatic carbocycles. The zero-order valence-electron chi connectivity index (χ0n) is 7.20. The van der Waals surface area contributed by atoms with Crippen LogP contribution in [0.4, 0.5) is 4.39 Å². The van der Waals surface area contributed by atoms with E-state index in [4.69, 9.17) is 16.6 Å². The van der Waals surface area contributed by atoms with Crippen molar-refractivity contribution in [3.8, 4) is 0 Å². The highest BCUT2D eigenvalue weighted by atomic mass is 19.1. The molecule has 3 nitrogen and oxygen atoms in total. The van der Waals surface area contributed by atoms with Gasteiger partial charge in [0.05, 0.1) is 6.61 Å². The van der Waals surface area contributed by atoms with Crippen LogP contribution in [0.2, 0.25) is 0 Å². The smallest absolute Gasteiger partial charge is 0.128 e. The van der Waals surface area contributed by atoms with Crippen molar-refractivity contribution in [1.29, 1.82) is 0 Å². The van der Waals surface area contributed by atoms with Gasteiger partial charge in [-0.15, -0.1) is 0 Å². The molecule has 0 saturated heterocycles. The van der Waals surface area contributed by atoms with Gasteiger partial charge in [0.2, 0.25) is 0 Å². The summed E-state index contributed by atoms with van der Waals surface area (Å²) in [6.45, 7) is 0.0658. The molecule has 0 unspecified atom stereocenters. The first kappa shape index (κ1) is 10.1. The first-order valence-corrected chi connectivity index (χ1v) is 4.04. The highest BCUT2D eigenvalue weighted by Crippen LogP contribution is 2.16. The molecular formula is C9H13FN2O. The molecule has 1 rings (SSSR count). The number of rotatable bonds is 3. The maximum Gasteiger partial charge on any atom is 0.128 e. The standard InChI is InChI=1S/C9H13FN2O/c10-8-2-1-6(5-13)3-7(8)9(12)4-11/h1-3,9,13H,4-5,11-12H2/t9-/m1/s1. The minimum Gasteiger partial charge on any atom is -0.392 e. The Labute approximate surface area is 76.2 Å². The highest BCUT2D eigenvalue weighted by molar-refractivity contribution is 5.27. The Hall–Kier alpha value is -0.970. The number of benzene rings is 1. The quantitative estimate of drug-likeness (QED) is 0.631. The lowest BCUT2D eigenvalue weighted by molar-refractivity contribution is 0.281. The fraction of sp³-hybridized carbons (Fsp3) is 0.333. The van der Waals surface area contributed by atoms with E-state index >= 15 is 0 Å². The normalized spacial score (nSPS) is 12.9. The first-order chi connectivity index (χ1) is 6.19. The maximum atomic E-state index is 13.1. The molecule has 0 aliphatic rings. The molecule has 5 N–H and O–H groups in total. The lowest BCUT2D eigenvalue weighted by Crippen LogP contribution is -2.22. The lowest BCUT2D eigenvalue weighted by atomic mass is 10.0. The lowest BCUT2D eigenvalue weighted by Gasteiger charge is -2.11. The molecule has 0 bridgehead atoms. The third kappa shape index (κ3) is 2.24.